The molecule has 0 aliphatic carbocycles. The number of thiol groups is 3. The number of hydrogen-bond donors (Lipinski definition) is 7. The zero-order valence-corrected chi connectivity index (χ0v) is 27.7. The summed E-state index contributed by atoms with van der Waals surface area (Å²) in [6, 6.07) is 32.3. The summed E-state index contributed by atoms with van der Waals surface area (Å²) in [5, 5.41) is 3.43. The highest BCUT2D eigenvalue weighted by Crippen LogP contribution is 2.32. The third-order valence-electron chi connectivity index (χ3n) is 8.58. The van der Waals surface area contributed by atoms with Crippen molar-refractivity contribution in [2.45, 2.75) is 14.7 Å². The van der Waals surface area contributed by atoms with E-state index in [-0.39, 0.29) is 0 Å². The van der Waals surface area contributed by atoms with Gasteiger partial charge in [-0.1, -0.05) is 30.3 Å². The fourth-order valence-corrected chi connectivity index (χ4v) is 7.12. The van der Waals surface area contributed by atoms with Crippen molar-refractivity contribution in [1.82, 2.24) is 19.9 Å². The topological polar surface area (TPSA) is 103 Å². The lowest BCUT2D eigenvalue weighted by atomic mass is 10.0. The van der Waals surface area contributed by atoms with E-state index < -0.39 is 0 Å². The van der Waals surface area contributed by atoms with Crippen LogP contribution in [0.4, 0.5) is 0 Å². The fraction of sp³-hybridized carbons (Fsp3) is 0. The van der Waals surface area contributed by atoms with Gasteiger partial charge in [-0.3, -0.25) is 0 Å². The van der Waals surface area contributed by atoms with Crippen LogP contribution in [0.5, 0.6) is 0 Å². The molecule has 8 heterocycles. The molecule has 7 aromatic heterocycles. The highest BCUT2D eigenvalue weighted by molar-refractivity contribution is 7.80. The Morgan fingerprint density at radius 2 is 0.708 bits per heavy atom. The molecule has 8 bridgehead atoms. The molecule has 0 atom stereocenters. The quantitative estimate of drug-likeness (QED) is 0.117. The van der Waals surface area contributed by atoms with E-state index in [1.54, 1.807) is 18.8 Å². The van der Waals surface area contributed by atoms with Crippen LogP contribution in [0, 0.1) is 0 Å². The molecule has 1 aliphatic rings. The molecule has 4 N–H and O–H groups in total. The lowest BCUT2D eigenvalue weighted by Gasteiger charge is -2.08. The fourth-order valence-electron chi connectivity index (χ4n) is 6.45. The molecule has 0 saturated carbocycles. The molecule has 48 heavy (non-hydrogen) atoms. The van der Waals surface area contributed by atoms with Gasteiger partial charge in [0, 0.05) is 16.6 Å². The lowest BCUT2D eigenvalue weighted by Crippen LogP contribution is -2.19. The van der Waals surface area contributed by atoms with Gasteiger partial charge in [-0.05, 0) is 72.3 Å². The second-order valence-electron chi connectivity index (χ2n) is 11.4. The van der Waals surface area contributed by atoms with Crippen molar-refractivity contribution in [2.75, 3.05) is 0 Å². The van der Waals surface area contributed by atoms with Crippen LogP contribution < -0.4 is 21.4 Å². The molecule has 0 saturated heterocycles. The van der Waals surface area contributed by atoms with Gasteiger partial charge in [0.1, 0.15) is 0 Å². The van der Waals surface area contributed by atoms with Gasteiger partial charge in [0.2, 0.25) is 0 Å². The number of nitrogens with one attached hydrogen (secondary N) is 4. The summed E-state index contributed by atoms with van der Waals surface area (Å²) in [6.45, 7) is 0. The zero-order chi connectivity index (χ0) is 32.4. The van der Waals surface area contributed by atoms with E-state index in [1.807, 2.05) is 60.7 Å². The summed E-state index contributed by atoms with van der Waals surface area (Å²) in [4.78, 5) is 16.9. The maximum Gasteiger partial charge on any atom is 0.151 e. The minimum Gasteiger partial charge on any atom is -0.463 e. The van der Waals surface area contributed by atoms with Crippen LogP contribution in [0.3, 0.4) is 0 Å². The molecule has 9 rings (SSSR count). The van der Waals surface area contributed by atoms with Gasteiger partial charge in [-0.15, -0.1) is 37.9 Å². The summed E-state index contributed by atoms with van der Waals surface area (Å²) in [7, 11) is 0. The predicted molar refractivity (Wildman–Crippen MR) is 192 cm³/mol. The van der Waals surface area contributed by atoms with Crippen molar-refractivity contribution in [3.05, 3.63) is 183 Å². The van der Waals surface area contributed by atoms with Crippen LogP contribution in [0.1, 0.15) is 45.6 Å². The van der Waals surface area contributed by atoms with Gasteiger partial charge >= 0.3 is 0 Å². The van der Waals surface area contributed by atoms with E-state index in [0.717, 1.165) is 81.8 Å². The van der Waals surface area contributed by atoms with E-state index in [9.17, 15) is 0 Å². The SMILES string of the molecule is Sc1ccoc1C1=c2ccc([nH]2)=C(c2ccccc2)c2ccc([nH]2)C(c2occc2S)=c2ccc([nH]2)=C(c2occc2S)c2ccc1[nH]2. The molecule has 10 heteroatoms. The first kappa shape index (κ1) is 28.9. The molecule has 7 nitrogen and oxygen atoms in total. The van der Waals surface area contributed by atoms with Gasteiger partial charge in [-0.2, -0.15) is 0 Å². The van der Waals surface area contributed by atoms with E-state index in [4.69, 9.17) is 51.1 Å². The Labute approximate surface area is 289 Å². The molecule has 8 aromatic rings. The smallest absolute Gasteiger partial charge is 0.151 e. The van der Waals surface area contributed by atoms with Crippen molar-refractivity contribution >= 4 is 60.2 Å². The Bertz CT molecular complexity index is 2730. The first-order chi connectivity index (χ1) is 23.5. The first-order valence-electron chi connectivity index (χ1n) is 15.2. The molecule has 0 spiro atoms. The number of hydrogen-bond acceptors (Lipinski definition) is 6. The van der Waals surface area contributed by atoms with Gasteiger partial charge in [0.25, 0.3) is 0 Å². The summed E-state index contributed by atoms with van der Waals surface area (Å²) >= 11 is 14.3. The van der Waals surface area contributed by atoms with Crippen molar-refractivity contribution in [3.63, 3.8) is 0 Å². The molecule has 0 fully saturated rings. The number of aromatic amines is 4. The maximum absolute atomic E-state index is 6.05. The molecule has 234 valence electrons. The largest absolute Gasteiger partial charge is 0.463 e. The third-order valence-corrected chi connectivity index (χ3v) is 9.63. The number of rotatable bonds is 4. The van der Waals surface area contributed by atoms with Crippen LogP contribution in [-0.2, 0) is 0 Å². The predicted octanol–water partition coefficient (Wildman–Crippen LogP) is 5.95. The van der Waals surface area contributed by atoms with Crippen LogP contribution in [-0.4, -0.2) is 19.9 Å². The number of fused-ring (bicyclic) bond motifs is 8. The van der Waals surface area contributed by atoms with E-state index in [2.05, 4.69) is 56.3 Å². The molecule has 1 aliphatic heterocycles. The zero-order valence-electron chi connectivity index (χ0n) is 25.0. The van der Waals surface area contributed by atoms with Gasteiger partial charge in [0.15, 0.2) is 17.3 Å². The highest BCUT2D eigenvalue weighted by atomic mass is 32.1. The third kappa shape index (κ3) is 4.71. The number of aromatic nitrogens is 4. The van der Waals surface area contributed by atoms with Crippen LogP contribution >= 0.6 is 37.9 Å². The average Bonchev–Trinajstić information content (AvgIpc) is 3.94. The van der Waals surface area contributed by atoms with Gasteiger partial charge < -0.3 is 33.2 Å². The Hall–Kier alpha value is -5.29. The highest BCUT2D eigenvalue weighted by Gasteiger charge is 2.22. The Morgan fingerprint density at radius 3 is 1.06 bits per heavy atom. The monoisotopic (exact) mass is 682 g/mol. The Morgan fingerprint density at radius 1 is 0.354 bits per heavy atom. The Balaban J connectivity index is 1.46. The second kappa shape index (κ2) is 11.4. The molecule has 0 amide bonds. The standard InChI is InChI=1S/C38H26N4O3S3/c46-29-14-17-43-36(29)33-23-8-6-21(39-23)32(20-4-2-1-3-5-20)22-7-9-24(40-22)34(37-30(47)15-18-44-37)26-11-13-28(42-26)35(27-12-10-25(33)41-27)38-31(48)16-19-45-38/h1-19,39-42,46-48H. The molecular weight excluding hydrogens is 657 g/mol. The Kier molecular flexibility index (Phi) is 6.89. The minimum atomic E-state index is 0.622. The summed E-state index contributed by atoms with van der Waals surface area (Å²) < 4.78 is 18.1. The normalized spacial score (nSPS) is 13.1. The van der Waals surface area contributed by atoms with Crippen LogP contribution in [0.15, 0.2) is 144 Å². The minimum absolute atomic E-state index is 0.622. The molecule has 0 unspecified atom stereocenters. The van der Waals surface area contributed by atoms with Crippen molar-refractivity contribution in [1.29, 1.82) is 0 Å². The number of H-pyrrole nitrogens is 4. The van der Waals surface area contributed by atoms with Crippen LogP contribution in [0.2, 0.25) is 0 Å². The van der Waals surface area contributed by atoms with Crippen LogP contribution in [0.25, 0.3) is 22.3 Å². The van der Waals surface area contributed by atoms with Crippen molar-refractivity contribution < 1.29 is 13.3 Å². The summed E-state index contributed by atoms with van der Waals surface area (Å²) in [6.07, 6.45) is 4.94. The van der Waals surface area contributed by atoms with E-state index in [1.165, 1.54) is 0 Å². The van der Waals surface area contributed by atoms with Crippen molar-refractivity contribution in [3.8, 4) is 0 Å². The summed E-state index contributed by atoms with van der Waals surface area (Å²) in [5.41, 5.74) is 7.96. The van der Waals surface area contributed by atoms with Crippen molar-refractivity contribution in [2.24, 2.45) is 0 Å². The molecular formula is C38H26N4O3S3. The maximum atomic E-state index is 6.05. The first-order valence-corrected chi connectivity index (χ1v) is 16.5. The average molecular weight is 683 g/mol. The molecule has 0 radical (unpaired) electrons. The number of benzene rings is 1. The number of furan rings is 3. The second-order valence-corrected chi connectivity index (χ2v) is 12.9. The summed E-state index contributed by atoms with van der Waals surface area (Å²) in [5.74, 6) is 1.90. The van der Waals surface area contributed by atoms with Gasteiger partial charge in [0.05, 0.1) is 83.3 Å². The lowest BCUT2D eigenvalue weighted by molar-refractivity contribution is 0.546. The molecule has 1 aromatic carbocycles. The van der Waals surface area contributed by atoms with E-state index >= 15 is 0 Å². The van der Waals surface area contributed by atoms with E-state index in [0.29, 0.717) is 22.2 Å². The van der Waals surface area contributed by atoms with Gasteiger partial charge in [-0.25, -0.2) is 0 Å².